The lowest BCUT2D eigenvalue weighted by Gasteiger charge is -2.40. The van der Waals surface area contributed by atoms with E-state index in [1.54, 1.807) is 0 Å². The largest absolute Gasteiger partial charge is 0.340 e. The molecule has 0 saturated carbocycles. The zero-order valence-corrected chi connectivity index (χ0v) is 13.1. The molecular formula is C15H31N3O. The second-order valence-electron chi connectivity index (χ2n) is 6.14. The van der Waals surface area contributed by atoms with E-state index in [0.717, 1.165) is 45.3 Å². The molecule has 112 valence electrons. The monoisotopic (exact) mass is 269 g/mol. The minimum atomic E-state index is 0.139. The molecule has 4 heteroatoms. The molecule has 1 heterocycles. The number of carbonyl (C=O) groups is 1. The van der Waals surface area contributed by atoms with Gasteiger partial charge in [-0.25, -0.2) is 0 Å². The second kappa shape index (κ2) is 7.85. The van der Waals surface area contributed by atoms with Gasteiger partial charge in [0.15, 0.2) is 0 Å². The van der Waals surface area contributed by atoms with E-state index in [4.69, 9.17) is 5.73 Å². The van der Waals surface area contributed by atoms with Crippen LogP contribution in [0.3, 0.4) is 0 Å². The minimum Gasteiger partial charge on any atom is -0.340 e. The number of carbonyl (C=O) groups excluding carboxylic acids is 1. The van der Waals surface area contributed by atoms with Crippen LogP contribution in [0.4, 0.5) is 0 Å². The Balaban J connectivity index is 2.39. The Morgan fingerprint density at radius 3 is 2.58 bits per heavy atom. The van der Waals surface area contributed by atoms with Crippen LogP contribution in [0.1, 0.15) is 46.5 Å². The van der Waals surface area contributed by atoms with Crippen molar-refractivity contribution in [1.82, 2.24) is 9.80 Å². The fraction of sp³-hybridized carbons (Fsp3) is 0.933. The molecule has 0 aromatic rings. The molecule has 2 N–H and O–H groups in total. The Hall–Kier alpha value is -0.610. The lowest BCUT2D eigenvalue weighted by Crippen LogP contribution is -2.54. The van der Waals surface area contributed by atoms with Gasteiger partial charge in [0, 0.05) is 37.6 Å². The standard InChI is InChI=1S/C15H31N3O/c1-5-14-11-18(10-9-17(14)4)15(19)12(2)7-6-8-13(3)16/h12-14H,5-11,16H2,1-4H3. The highest BCUT2D eigenvalue weighted by molar-refractivity contribution is 5.78. The van der Waals surface area contributed by atoms with Gasteiger partial charge in [-0.1, -0.05) is 20.3 Å². The van der Waals surface area contributed by atoms with Crippen LogP contribution < -0.4 is 5.73 Å². The molecule has 1 rings (SSSR count). The summed E-state index contributed by atoms with van der Waals surface area (Å²) in [5, 5.41) is 0. The highest BCUT2D eigenvalue weighted by Crippen LogP contribution is 2.17. The molecule has 1 aliphatic heterocycles. The highest BCUT2D eigenvalue weighted by atomic mass is 16.2. The summed E-state index contributed by atoms with van der Waals surface area (Å²) >= 11 is 0. The number of likely N-dealkylation sites (N-methyl/N-ethyl adjacent to an activating group) is 1. The van der Waals surface area contributed by atoms with Crippen LogP contribution in [0.2, 0.25) is 0 Å². The van der Waals surface area contributed by atoms with Crippen LogP contribution in [0.5, 0.6) is 0 Å². The summed E-state index contributed by atoms with van der Waals surface area (Å²) in [6.07, 6.45) is 4.14. The highest BCUT2D eigenvalue weighted by Gasteiger charge is 2.28. The van der Waals surface area contributed by atoms with Crippen LogP contribution in [0.25, 0.3) is 0 Å². The number of amides is 1. The summed E-state index contributed by atoms with van der Waals surface area (Å²) in [6, 6.07) is 0.768. The van der Waals surface area contributed by atoms with Crippen molar-refractivity contribution >= 4 is 5.91 Å². The van der Waals surface area contributed by atoms with Gasteiger partial charge in [0.25, 0.3) is 0 Å². The van der Waals surface area contributed by atoms with Crippen LogP contribution in [-0.4, -0.2) is 54.5 Å². The van der Waals surface area contributed by atoms with Gasteiger partial charge < -0.3 is 10.6 Å². The Bertz CT molecular complexity index is 281. The number of piperazine rings is 1. The fourth-order valence-corrected chi connectivity index (χ4v) is 2.77. The molecule has 0 aliphatic carbocycles. The first-order valence-corrected chi connectivity index (χ1v) is 7.70. The number of hydrogen-bond donors (Lipinski definition) is 1. The summed E-state index contributed by atoms with van der Waals surface area (Å²) in [5.41, 5.74) is 5.75. The van der Waals surface area contributed by atoms with Crippen LogP contribution in [0.15, 0.2) is 0 Å². The van der Waals surface area contributed by atoms with Gasteiger partial charge in [-0.2, -0.15) is 0 Å². The molecule has 1 saturated heterocycles. The normalized spacial score (nSPS) is 24.3. The van der Waals surface area contributed by atoms with Crippen molar-refractivity contribution in [1.29, 1.82) is 0 Å². The first-order chi connectivity index (χ1) is 8.95. The van der Waals surface area contributed by atoms with E-state index >= 15 is 0 Å². The predicted octanol–water partition coefficient (Wildman–Crippen LogP) is 1.69. The summed E-state index contributed by atoms with van der Waals surface area (Å²) in [5.74, 6) is 0.468. The first kappa shape index (κ1) is 16.4. The van der Waals surface area contributed by atoms with Gasteiger partial charge in [0.05, 0.1) is 0 Å². The van der Waals surface area contributed by atoms with Crippen LogP contribution >= 0.6 is 0 Å². The summed E-state index contributed by atoms with van der Waals surface area (Å²) in [6.45, 7) is 9.05. The summed E-state index contributed by atoms with van der Waals surface area (Å²) in [4.78, 5) is 16.8. The van der Waals surface area contributed by atoms with Gasteiger partial charge >= 0.3 is 0 Å². The van der Waals surface area contributed by atoms with Crippen molar-refractivity contribution in [2.75, 3.05) is 26.7 Å². The third-order valence-corrected chi connectivity index (χ3v) is 4.28. The SMILES string of the molecule is CCC1CN(C(=O)C(C)CCCC(C)N)CCN1C. The molecule has 0 spiro atoms. The maximum absolute atomic E-state index is 12.4. The van der Waals surface area contributed by atoms with Crippen LogP contribution in [0, 0.1) is 5.92 Å². The molecule has 19 heavy (non-hydrogen) atoms. The van der Waals surface area contributed by atoms with Crippen molar-refractivity contribution in [2.24, 2.45) is 11.7 Å². The maximum Gasteiger partial charge on any atom is 0.225 e. The lowest BCUT2D eigenvalue weighted by atomic mass is 9.99. The number of nitrogens with two attached hydrogens (primary N) is 1. The van der Waals surface area contributed by atoms with E-state index < -0.39 is 0 Å². The number of nitrogens with zero attached hydrogens (tertiary/aromatic N) is 2. The van der Waals surface area contributed by atoms with Gasteiger partial charge in [-0.15, -0.1) is 0 Å². The smallest absolute Gasteiger partial charge is 0.225 e. The predicted molar refractivity (Wildman–Crippen MR) is 80.0 cm³/mol. The van der Waals surface area contributed by atoms with Crippen molar-refractivity contribution in [3.8, 4) is 0 Å². The Kier molecular flexibility index (Phi) is 6.80. The molecule has 3 atom stereocenters. The van der Waals surface area contributed by atoms with Crippen molar-refractivity contribution in [3.05, 3.63) is 0 Å². The zero-order chi connectivity index (χ0) is 14.4. The average molecular weight is 269 g/mol. The number of rotatable bonds is 6. The van der Waals surface area contributed by atoms with Gasteiger partial charge in [0.2, 0.25) is 5.91 Å². The van der Waals surface area contributed by atoms with E-state index in [-0.39, 0.29) is 12.0 Å². The summed E-state index contributed by atoms with van der Waals surface area (Å²) < 4.78 is 0. The third-order valence-electron chi connectivity index (χ3n) is 4.28. The van der Waals surface area contributed by atoms with Crippen LogP contribution in [-0.2, 0) is 4.79 Å². The quantitative estimate of drug-likeness (QED) is 0.798. The second-order valence-corrected chi connectivity index (χ2v) is 6.14. The van der Waals surface area contributed by atoms with E-state index in [2.05, 4.69) is 30.7 Å². The van der Waals surface area contributed by atoms with Gasteiger partial charge in [-0.05, 0) is 33.2 Å². The summed E-state index contributed by atoms with van der Waals surface area (Å²) in [7, 11) is 2.15. The first-order valence-electron chi connectivity index (χ1n) is 7.70. The molecule has 1 amide bonds. The van der Waals surface area contributed by atoms with Crippen molar-refractivity contribution < 1.29 is 4.79 Å². The molecule has 1 fully saturated rings. The Morgan fingerprint density at radius 1 is 1.32 bits per heavy atom. The molecule has 1 aliphatic rings. The minimum absolute atomic E-state index is 0.139. The van der Waals surface area contributed by atoms with E-state index in [1.807, 2.05) is 6.92 Å². The van der Waals surface area contributed by atoms with Gasteiger partial charge in [0.1, 0.15) is 0 Å². The molecule has 0 aromatic heterocycles. The third kappa shape index (κ3) is 5.11. The number of hydrogen-bond acceptors (Lipinski definition) is 3. The Labute approximate surface area is 118 Å². The van der Waals surface area contributed by atoms with E-state index in [0.29, 0.717) is 11.9 Å². The van der Waals surface area contributed by atoms with E-state index in [9.17, 15) is 4.79 Å². The molecule has 0 radical (unpaired) electrons. The zero-order valence-electron chi connectivity index (χ0n) is 13.1. The Morgan fingerprint density at radius 2 is 2.00 bits per heavy atom. The topological polar surface area (TPSA) is 49.6 Å². The van der Waals surface area contributed by atoms with Gasteiger partial charge in [-0.3, -0.25) is 9.69 Å². The van der Waals surface area contributed by atoms with Crippen molar-refractivity contribution in [3.63, 3.8) is 0 Å². The molecular weight excluding hydrogens is 238 g/mol. The van der Waals surface area contributed by atoms with Crippen molar-refractivity contribution in [2.45, 2.75) is 58.5 Å². The maximum atomic E-state index is 12.4. The lowest BCUT2D eigenvalue weighted by molar-refractivity contribution is -0.138. The average Bonchev–Trinajstić information content (AvgIpc) is 2.38. The molecule has 4 nitrogen and oxygen atoms in total. The fourth-order valence-electron chi connectivity index (χ4n) is 2.77. The van der Waals surface area contributed by atoms with E-state index in [1.165, 1.54) is 0 Å². The molecule has 3 unspecified atom stereocenters. The molecule has 0 bridgehead atoms. The molecule has 0 aromatic carbocycles.